The molecule has 0 saturated heterocycles. The summed E-state index contributed by atoms with van der Waals surface area (Å²) >= 11 is 0. The molecule has 2 aromatic carbocycles. The van der Waals surface area contributed by atoms with Crippen molar-refractivity contribution in [3.05, 3.63) is 65.7 Å². The standard InChI is InChI=1S/C25H28N4O3/c1-3-4-14-26-25(31)20-7-5-18(6-8-20)17-28-23-16-22(27-29(23)15-13-24(28)30)19-9-11-21(32-2)12-10-19/h5-12,16H,3-4,13-15,17H2,1-2H3,(H,26,31). The van der Waals surface area contributed by atoms with Crippen LogP contribution in [0.2, 0.25) is 0 Å². The number of methoxy groups -OCH3 is 1. The number of nitrogens with one attached hydrogen (secondary N) is 1. The SMILES string of the molecule is CCCCNC(=O)c1ccc(CN2C(=O)CCn3nc(-c4ccc(OC)cc4)cc32)cc1. The topological polar surface area (TPSA) is 76.5 Å². The Bertz CT molecular complexity index is 1090. The van der Waals surface area contributed by atoms with Crippen LogP contribution in [0.1, 0.15) is 42.1 Å². The van der Waals surface area contributed by atoms with Crippen LogP contribution in [0, 0.1) is 0 Å². The van der Waals surface area contributed by atoms with Crippen molar-refractivity contribution < 1.29 is 14.3 Å². The molecule has 1 aromatic heterocycles. The first kappa shape index (κ1) is 21.6. The number of aromatic nitrogens is 2. The van der Waals surface area contributed by atoms with Crippen LogP contribution in [-0.2, 0) is 17.9 Å². The number of nitrogens with zero attached hydrogens (tertiary/aromatic N) is 3. The second-order valence-corrected chi connectivity index (χ2v) is 7.88. The molecule has 4 rings (SSSR count). The highest BCUT2D eigenvalue weighted by Gasteiger charge is 2.26. The first-order valence-corrected chi connectivity index (χ1v) is 11.0. The summed E-state index contributed by atoms with van der Waals surface area (Å²) in [5, 5.41) is 7.63. The predicted molar refractivity (Wildman–Crippen MR) is 124 cm³/mol. The Kier molecular flexibility index (Phi) is 6.54. The number of carbonyl (C=O) groups is 2. The monoisotopic (exact) mass is 432 g/mol. The fourth-order valence-electron chi connectivity index (χ4n) is 3.75. The smallest absolute Gasteiger partial charge is 0.251 e. The number of hydrogen-bond acceptors (Lipinski definition) is 4. The molecule has 0 bridgehead atoms. The fraction of sp³-hybridized carbons (Fsp3) is 0.320. The summed E-state index contributed by atoms with van der Waals surface area (Å²) in [6.45, 7) is 3.77. The van der Waals surface area contributed by atoms with E-state index in [1.54, 1.807) is 12.0 Å². The van der Waals surface area contributed by atoms with Crippen molar-refractivity contribution in [1.82, 2.24) is 15.1 Å². The van der Waals surface area contributed by atoms with Crippen molar-refractivity contribution in [2.45, 2.75) is 39.3 Å². The van der Waals surface area contributed by atoms with Crippen LogP contribution in [-0.4, -0.2) is 35.2 Å². The summed E-state index contributed by atoms with van der Waals surface area (Å²) in [6.07, 6.45) is 2.42. The quantitative estimate of drug-likeness (QED) is 0.546. The largest absolute Gasteiger partial charge is 0.497 e. The van der Waals surface area contributed by atoms with Crippen LogP contribution in [0.25, 0.3) is 11.3 Å². The lowest BCUT2D eigenvalue weighted by Gasteiger charge is -2.27. The van der Waals surface area contributed by atoms with Crippen LogP contribution >= 0.6 is 0 Å². The van der Waals surface area contributed by atoms with Crippen LogP contribution in [0.5, 0.6) is 5.75 Å². The Morgan fingerprint density at radius 1 is 1.12 bits per heavy atom. The molecule has 3 aromatic rings. The van der Waals surface area contributed by atoms with Crippen molar-refractivity contribution in [3.8, 4) is 17.0 Å². The molecule has 0 atom stereocenters. The van der Waals surface area contributed by atoms with Crippen molar-refractivity contribution in [1.29, 1.82) is 0 Å². The fourth-order valence-corrected chi connectivity index (χ4v) is 3.75. The van der Waals surface area contributed by atoms with Gasteiger partial charge < -0.3 is 10.1 Å². The van der Waals surface area contributed by atoms with Crippen LogP contribution in [0.4, 0.5) is 5.82 Å². The number of aryl methyl sites for hydroxylation is 1. The molecule has 0 aliphatic carbocycles. The van der Waals surface area contributed by atoms with Crippen molar-refractivity contribution in [3.63, 3.8) is 0 Å². The molecule has 0 spiro atoms. The number of benzene rings is 2. The van der Waals surface area contributed by atoms with Gasteiger partial charge >= 0.3 is 0 Å². The molecule has 7 nitrogen and oxygen atoms in total. The Morgan fingerprint density at radius 2 is 1.88 bits per heavy atom. The predicted octanol–water partition coefficient (Wildman–Crippen LogP) is 4.03. The van der Waals surface area contributed by atoms with Crippen molar-refractivity contribution in [2.75, 3.05) is 18.6 Å². The van der Waals surface area contributed by atoms with Gasteiger partial charge in [0.05, 0.1) is 25.9 Å². The lowest BCUT2D eigenvalue weighted by atomic mass is 10.1. The van der Waals surface area contributed by atoms with Crippen molar-refractivity contribution >= 4 is 17.6 Å². The van der Waals surface area contributed by atoms with Crippen molar-refractivity contribution in [2.24, 2.45) is 0 Å². The van der Waals surface area contributed by atoms with Gasteiger partial charge in [-0.25, -0.2) is 4.68 Å². The van der Waals surface area contributed by atoms with Gasteiger partial charge in [0.1, 0.15) is 11.6 Å². The second-order valence-electron chi connectivity index (χ2n) is 7.88. The minimum atomic E-state index is -0.0683. The molecule has 1 aliphatic rings. The molecule has 2 amide bonds. The van der Waals surface area contributed by atoms with Gasteiger partial charge in [-0.2, -0.15) is 5.10 Å². The van der Waals surface area contributed by atoms with Gasteiger partial charge in [-0.3, -0.25) is 14.5 Å². The Labute approximate surface area is 188 Å². The zero-order valence-corrected chi connectivity index (χ0v) is 18.5. The molecule has 0 saturated carbocycles. The van der Waals surface area contributed by atoms with E-state index < -0.39 is 0 Å². The van der Waals surface area contributed by atoms with E-state index >= 15 is 0 Å². The third kappa shape index (κ3) is 4.66. The van der Waals surface area contributed by atoms with E-state index in [0.717, 1.165) is 41.2 Å². The first-order chi connectivity index (χ1) is 15.6. The molecule has 0 unspecified atom stereocenters. The van der Waals surface area contributed by atoms with E-state index in [-0.39, 0.29) is 11.8 Å². The molecule has 2 heterocycles. The molecule has 32 heavy (non-hydrogen) atoms. The molecule has 0 radical (unpaired) electrons. The highest BCUT2D eigenvalue weighted by atomic mass is 16.5. The summed E-state index contributed by atoms with van der Waals surface area (Å²) in [4.78, 5) is 26.7. The maximum Gasteiger partial charge on any atom is 0.251 e. The molecule has 166 valence electrons. The molecular weight excluding hydrogens is 404 g/mol. The number of hydrogen-bond donors (Lipinski definition) is 1. The van der Waals surface area contributed by atoms with Gasteiger partial charge in [-0.15, -0.1) is 0 Å². The van der Waals surface area contributed by atoms with E-state index in [0.29, 0.717) is 31.6 Å². The molecule has 0 fully saturated rings. The van der Waals surface area contributed by atoms with E-state index in [1.807, 2.05) is 59.3 Å². The van der Waals surface area contributed by atoms with Gasteiger partial charge in [-0.1, -0.05) is 25.5 Å². The number of ether oxygens (including phenoxy) is 1. The van der Waals surface area contributed by atoms with E-state index in [4.69, 9.17) is 9.84 Å². The number of amides is 2. The highest BCUT2D eigenvalue weighted by molar-refractivity contribution is 5.95. The van der Waals surface area contributed by atoms with E-state index in [2.05, 4.69) is 12.2 Å². The first-order valence-electron chi connectivity index (χ1n) is 11.0. The van der Waals surface area contributed by atoms with E-state index in [1.165, 1.54) is 0 Å². The van der Waals surface area contributed by atoms with Gasteiger partial charge in [0, 0.05) is 30.2 Å². The van der Waals surface area contributed by atoms with Gasteiger partial charge in [0.25, 0.3) is 5.91 Å². The third-order valence-electron chi connectivity index (χ3n) is 5.63. The van der Waals surface area contributed by atoms with E-state index in [9.17, 15) is 9.59 Å². The lowest BCUT2D eigenvalue weighted by Crippen LogP contribution is -2.36. The molecule has 1 aliphatic heterocycles. The normalized spacial score (nSPS) is 13.1. The number of carbonyl (C=O) groups excluding carboxylic acids is 2. The van der Waals surface area contributed by atoms with Gasteiger partial charge in [-0.05, 0) is 48.4 Å². The Balaban J connectivity index is 1.50. The Morgan fingerprint density at radius 3 is 2.56 bits per heavy atom. The van der Waals surface area contributed by atoms with Crippen LogP contribution in [0.15, 0.2) is 54.6 Å². The molecular formula is C25H28N4O3. The lowest BCUT2D eigenvalue weighted by molar-refractivity contribution is -0.119. The van der Waals surface area contributed by atoms with Crippen LogP contribution < -0.4 is 15.0 Å². The summed E-state index contributed by atoms with van der Waals surface area (Å²) in [7, 11) is 1.64. The molecule has 1 N–H and O–H groups in total. The number of unbranched alkanes of at least 4 members (excludes halogenated alkanes) is 1. The highest BCUT2D eigenvalue weighted by Crippen LogP contribution is 2.30. The third-order valence-corrected chi connectivity index (χ3v) is 5.63. The maximum absolute atomic E-state index is 12.7. The summed E-state index contributed by atoms with van der Waals surface area (Å²) < 4.78 is 7.11. The maximum atomic E-state index is 12.7. The summed E-state index contributed by atoms with van der Waals surface area (Å²) in [5.41, 5.74) is 3.38. The van der Waals surface area contributed by atoms with Gasteiger partial charge in [0.2, 0.25) is 5.91 Å². The number of anilines is 1. The minimum Gasteiger partial charge on any atom is -0.497 e. The molecule has 7 heteroatoms. The average Bonchev–Trinajstić information content (AvgIpc) is 3.26. The van der Waals surface area contributed by atoms with Crippen LogP contribution in [0.3, 0.4) is 0 Å². The zero-order chi connectivity index (χ0) is 22.5. The number of fused-ring (bicyclic) bond motifs is 1. The second kappa shape index (κ2) is 9.68. The average molecular weight is 433 g/mol. The summed E-state index contributed by atoms with van der Waals surface area (Å²) in [6, 6.07) is 17.1. The van der Waals surface area contributed by atoms with Gasteiger partial charge in [0.15, 0.2) is 0 Å². The minimum absolute atomic E-state index is 0.0683. The summed E-state index contributed by atoms with van der Waals surface area (Å²) in [5.74, 6) is 1.58. The zero-order valence-electron chi connectivity index (χ0n) is 18.5. The Hall–Kier alpha value is -3.61. The number of rotatable bonds is 8.